The summed E-state index contributed by atoms with van der Waals surface area (Å²) in [6.45, 7) is 13.1. The molecule has 3 rings (SSSR count). The van der Waals surface area contributed by atoms with E-state index in [1.54, 1.807) is 12.1 Å². The van der Waals surface area contributed by atoms with Crippen molar-refractivity contribution in [1.82, 2.24) is 0 Å². The number of rotatable bonds is 10. The van der Waals surface area contributed by atoms with Gasteiger partial charge >= 0.3 is 13.1 Å². The molecule has 0 radical (unpaired) electrons. The largest absolute Gasteiger partial charge is 0.495 e. The maximum atomic E-state index is 12.6. The van der Waals surface area contributed by atoms with Crippen molar-refractivity contribution in [2.75, 3.05) is 20.5 Å². The lowest BCUT2D eigenvalue weighted by Crippen LogP contribution is -2.41. The number of carbonyl (C=O) groups is 1. The smallest absolute Gasteiger partial charge is 0.468 e. The molecule has 0 atom stereocenters. The number of esters is 1. The van der Waals surface area contributed by atoms with E-state index in [2.05, 4.69) is 15.9 Å². The van der Waals surface area contributed by atoms with Crippen molar-refractivity contribution in [3.8, 4) is 5.75 Å². The minimum absolute atomic E-state index is 0.167. The van der Waals surface area contributed by atoms with Crippen LogP contribution >= 0.6 is 15.9 Å². The fourth-order valence-corrected chi connectivity index (χ4v) is 4.05. The Labute approximate surface area is 216 Å². The molecule has 1 fully saturated rings. The minimum atomic E-state index is -0.632. The molecule has 35 heavy (non-hydrogen) atoms. The number of methoxy groups -OCH3 is 1. The molecule has 1 heterocycles. The topological polar surface area (TPSA) is 72.5 Å². The van der Waals surface area contributed by atoms with Crippen LogP contribution in [0.3, 0.4) is 0 Å². The molecule has 0 aromatic heterocycles. The van der Waals surface area contributed by atoms with E-state index in [4.69, 9.17) is 28.3 Å². The van der Waals surface area contributed by atoms with Gasteiger partial charge in [-0.15, -0.1) is 0 Å². The van der Waals surface area contributed by atoms with E-state index in [9.17, 15) is 4.79 Å². The van der Waals surface area contributed by atoms with Gasteiger partial charge in [0.15, 0.2) is 6.79 Å². The molecule has 0 spiro atoms. The Hall–Kier alpha value is -1.91. The van der Waals surface area contributed by atoms with Crippen molar-refractivity contribution >= 4 is 34.5 Å². The molecule has 9 heteroatoms. The van der Waals surface area contributed by atoms with Crippen LogP contribution in [0.1, 0.15) is 61.7 Å². The van der Waals surface area contributed by atoms with E-state index in [-0.39, 0.29) is 13.4 Å². The van der Waals surface area contributed by atoms with E-state index < -0.39 is 24.3 Å². The Bertz CT molecular complexity index is 1040. The standard InChI is InChI=1S/C26H34BBrO7/c1-8-31-16-33-19-12-17(2)23(28)18(13-19)14-32-15-21-20(24(29)30-7)10-9-11-22(21)27-34-25(3,4)26(5,6)35-27/h9-13H,8,14-16H2,1-7H3. The number of halogens is 1. The third-order valence-electron chi connectivity index (χ3n) is 6.45. The van der Waals surface area contributed by atoms with Crippen LogP contribution in [0.5, 0.6) is 5.75 Å². The Morgan fingerprint density at radius 2 is 1.74 bits per heavy atom. The van der Waals surface area contributed by atoms with Crippen LogP contribution in [0.2, 0.25) is 0 Å². The zero-order valence-corrected chi connectivity index (χ0v) is 23.1. The first kappa shape index (κ1) is 27.7. The summed E-state index contributed by atoms with van der Waals surface area (Å²) in [5, 5.41) is 0. The third-order valence-corrected chi connectivity index (χ3v) is 7.58. The predicted octanol–water partition coefficient (Wildman–Crippen LogP) is 4.93. The van der Waals surface area contributed by atoms with Gasteiger partial charge in [0.2, 0.25) is 0 Å². The van der Waals surface area contributed by atoms with Crippen LogP contribution in [0.4, 0.5) is 0 Å². The monoisotopic (exact) mass is 548 g/mol. The average Bonchev–Trinajstić information content (AvgIpc) is 3.03. The van der Waals surface area contributed by atoms with Crippen molar-refractivity contribution in [2.24, 2.45) is 0 Å². The average molecular weight is 549 g/mol. The number of aryl methyl sites for hydroxylation is 1. The summed E-state index contributed by atoms with van der Waals surface area (Å²) in [4.78, 5) is 12.6. The lowest BCUT2D eigenvalue weighted by atomic mass is 9.74. The minimum Gasteiger partial charge on any atom is -0.468 e. The van der Waals surface area contributed by atoms with E-state index in [1.807, 2.05) is 59.7 Å². The summed E-state index contributed by atoms with van der Waals surface area (Å²) in [7, 11) is 0.731. The van der Waals surface area contributed by atoms with Crippen molar-refractivity contribution in [1.29, 1.82) is 0 Å². The van der Waals surface area contributed by atoms with Crippen LogP contribution in [-0.2, 0) is 36.7 Å². The van der Waals surface area contributed by atoms with Gasteiger partial charge in [0, 0.05) is 11.1 Å². The maximum Gasteiger partial charge on any atom is 0.495 e. The first-order valence-electron chi connectivity index (χ1n) is 11.6. The molecule has 0 saturated carbocycles. The van der Waals surface area contributed by atoms with Crippen molar-refractivity contribution in [2.45, 2.75) is 66.0 Å². The molecular weight excluding hydrogens is 515 g/mol. The molecule has 0 unspecified atom stereocenters. The fourth-order valence-electron chi connectivity index (χ4n) is 3.71. The molecule has 190 valence electrons. The highest BCUT2D eigenvalue weighted by atomic mass is 79.9. The summed E-state index contributed by atoms with van der Waals surface area (Å²) in [6.07, 6.45) is 0. The Morgan fingerprint density at radius 1 is 1.06 bits per heavy atom. The molecule has 0 aliphatic carbocycles. The molecule has 0 amide bonds. The van der Waals surface area contributed by atoms with Crippen LogP contribution in [0.25, 0.3) is 0 Å². The number of carbonyl (C=O) groups excluding carboxylic acids is 1. The molecule has 7 nitrogen and oxygen atoms in total. The molecule has 0 N–H and O–H groups in total. The molecule has 0 bridgehead atoms. The van der Waals surface area contributed by atoms with Crippen molar-refractivity contribution in [3.63, 3.8) is 0 Å². The van der Waals surface area contributed by atoms with Crippen LogP contribution in [-0.4, -0.2) is 44.8 Å². The highest BCUT2D eigenvalue weighted by Gasteiger charge is 2.52. The first-order chi connectivity index (χ1) is 16.5. The van der Waals surface area contributed by atoms with E-state index in [1.165, 1.54) is 7.11 Å². The highest BCUT2D eigenvalue weighted by molar-refractivity contribution is 9.10. The maximum absolute atomic E-state index is 12.6. The van der Waals surface area contributed by atoms with Gasteiger partial charge in [-0.2, -0.15) is 0 Å². The lowest BCUT2D eigenvalue weighted by Gasteiger charge is -2.32. The van der Waals surface area contributed by atoms with Gasteiger partial charge in [0.25, 0.3) is 0 Å². The Kier molecular flexibility index (Phi) is 9.04. The SMILES string of the molecule is CCOCOc1cc(C)c(Br)c(COCc2c(B3OC(C)(C)C(C)(C)O3)cccc2C(=O)OC)c1. The van der Waals surface area contributed by atoms with E-state index in [0.717, 1.165) is 21.1 Å². The van der Waals surface area contributed by atoms with Crippen LogP contribution < -0.4 is 10.2 Å². The number of hydrogen-bond donors (Lipinski definition) is 0. The van der Waals surface area contributed by atoms with Gasteiger partial charge in [-0.05, 0) is 81.9 Å². The van der Waals surface area contributed by atoms with Crippen LogP contribution in [0, 0.1) is 6.92 Å². The molecular formula is C26H34BBrO7. The molecule has 1 aliphatic rings. The molecule has 1 saturated heterocycles. The normalized spacial score (nSPS) is 16.4. The quantitative estimate of drug-likeness (QED) is 0.180. The van der Waals surface area contributed by atoms with Gasteiger partial charge < -0.3 is 28.3 Å². The zero-order valence-electron chi connectivity index (χ0n) is 21.5. The molecule has 2 aromatic carbocycles. The van der Waals surface area contributed by atoms with Crippen LogP contribution in [0.15, 0.2) is 34.8 Å². The summed E-state index contributed by atoms with van der Waals surface area (Å²) in [5.41, 5.74) is 2.76. The van der Waals surface area contributed by atoms with Gasteiger partial charge in [-0.1, -0.05) is 28.1 Å². The Balaban J connectivity index is 1.85. The summed E-state index contributed by atoms with van der Waals surface area (Å²) in [6, 6.07) is 9.28. The van der Waals surface area contributed by atoms with Gasteiger partial charge in [0.1, 0.15) is 5.75 Å². The second kappa shape index (κ2) is 11.4. The number of benzene rings is 2. The summed E-state index contributed by atoms with van der Waals surface area (Å²) >= 11 is 3.64. The number of ether oxygens (including phenoxy) is 4. The van der Waals surface area contributed by atoms with E-state index >= 15 is 0 Å². The fraction of sp³-hybridized carbons (Fsp3) is 0.500. The summed E-state index contributed by atoms with van der Waals surface area (Å²) < 4.78 is 35.6. The molecule has 1 aliphatic heterocycles. The van der Waals surface area contributed by atoms with Gasteiger partial charge in [0.05, 0.1) is 37.1 Å². The second-order valence-corrected chi connectivity index (χ2v) is 10.2. The predicted molar refractivity (Wildman–Crippen MR) is 138 cm³/mol. The van der Waals surface area contributed by atoms with Crippen molar-refractivity contribution < 1.29 is 33.1 Å². The van der Waals surface area contributed by atoms with Gasteiger partial charge in [-0.25, -0.2) is 4.79 Å². The lowest BCUT2D eigenvalue weighted by molar-refractivity contribution is 0.00578. The number of hydrogen-bond acceptors (Lipinski definition) is 7. The Morgan fingerprint density at radius 3 is 2.37 bits per heavy atom. The molecule has 2 aromatic rings. The zero-order chi connectivity index (χ0) is 25.8. The summed E-state index contributed by atoms with van der Waals surface area (Å²) in [5.74, 6) is 0.260. The second-order valence-electron chi connectivity index (χ2n) is 9.41. The highest BCUT2D eigenvalue weighted by Crippen LogP contribution is 2.37. The van der Waals surface area contributed by atoms with Gasteiger partial charge in [-0.3, -0.25) is 0 Å². The van der Waals surface area contributed by atoms with Crippen molar-refractivity contribution in [3.05, 3.63) is 57.1 Å². The van der Waals surface area contributed by atoms with E-state index in [0.29, 0.717) is 30.1 Å². The first-order valence-corrected chi connectivity index (χ1v) is 12.4. The third kappa shape index (κ3) is 6.27.